The van der Waals surface area contributed by atoms with Gasteiger partial charge in [-0.3, -0.25) is 9.69 Å². The molecule has 1 atom stereocenters. The normalized spacial score (nSPS) is 17.2. The van der Waals surface area contributed by atoms with Gasteiger partial charge in [0.15, 0.2) is 0 Å². The third-order valence-electron chi connectivity index (χ3n) is 4.54. The molecule has 1 aromatic carbocycles. The van der Waals surface area contributed by atoms with Crippen LogP contribution in [0.4, 0.5) is 0 Å². The molecule has 5 heteroatoms. The third kappa shape index (κ3) is 4.61. The maximum Gasteiger partial charge on any atom is 0.237 e. The number of benzene rings is 1. The first kappa shape index (κ1) is 18.0. The van der Waals surface area contributed by atoms with Crippen LogP contribution in [0, 0.1) is 0 Å². The molecule has 1 aliphatic heterocycles. The van der Waals surface area contributed by atoms with Crippen molar-refractivity contribution in [3.8, 4) is 5.75 Å². The highest BCUT2D eigenvalue weighted by molar-refractivity contribution is 7.10. The lowest BCUT2D eigenvalue weighted by atomic mass is 10.2. The van der Waals surface area contributed by atoms with Crippen molar-refractivity contribution >= 4 is 17.2 Å². The first-order valence-electron chi connectivity index (χ1n) is 8.90. The van der Waals surface area contributed by atoms with Crippen LogP contribution < -0.4 is 4.74 Å². The van der Waals surface area contributed by atoms with Gasteiger partial charge in [-0.1, -0.05) is 18.2 Å². The molecular formula is C20H26N2O2S. The summed E-state index contributed by atoms with van der Waals surface area (Å²) >= 11 is 1.75. The number of likely N-dealkylation sites (tertiary alicyclic amines) is 1. The number of nitrogens with zero attached hydrogens (tertiary/aromatic N) is 2. The van der Waals surface area contributed by atoms with E-state index in [0.717, 1.165) is 31.7 Å². The Balaban J connectivity index is 1.55. The Morgan fingerprint density at radius 3 is 2.80 bits per heavy atom. The van der Waals surface area contributed by atoms with Gasteiger partial charge in [0.05, 0.1) is 19.2 Å². The Labute approximate surface area is 154 Å². The SMILES string of the molecule is CCOc1ccc(CN(C)CC(=O)N2CCCC2c2cccs2)cc1. The fourth-order valence-electron chi connectivity index (χ4n) is 3.39. The largest absolute Gasteiger partial charge is 0.494 e. The maximum atomic E-state index is 12.8. The van der Waals surface area contributed by atoms with Gasteiger partial charge >= 0.3 is 0 Å². The van der Waals surface area contributed by atoms with E-state index in [4.69, 9.17) is 4.74 Å². The Morgan fingerprint density at radius 2 is 2.12 bits per heavy atom. The lowest BCUT2D eigenvalue weighted by Gasteiger charge is -2.26. The molecule has 1 amide bonds. The smallest absolute Gasteiger partial charge is 0.237 e. The molecule has 0 radical (unpaired) electrons. The lowest BCUT2D eigenvalue weighted by molar-refractivity contribution is -0.133. The average Bonchev–Trinajstić information content (AvgIpc) is 3.28. The molecule has 0 N–H and O–H groups in total. The first-order valence-corrected chi connectivity index (χ1v) is 9.78. The van der Waals surface area contributed by atoms with Crippen molar-refractivity contribution in [1.29, 1.82) is 0 Å². The zero-order valence-electron chi connectivity index (χ0n) is 15.0. The molecule has 0 saturated carbocycles. The minimum Gasteiger partial charge on any atom is -0.494 e. The van der Waals surface area contributed by atoms with E-state index in [2.05, 4.69) is 39.4 Å². The first-order chi connectivity index (χ1) is 12.2. The van der Waals surface area contributed by atoms with Crippen molar-refractivity contribution in [2.45, 2.75) is 32.4 Å². The maximum absolute atomic E-state index is 12.8. The number of rotatable bonds is 7. The summed E-state index contributed by atoms with van der Waals surface area (Å²) in [4.78, 5) is 18.2. The second-order valence-corrected chi connectivity index (χ2v) is 7.49. The Hall–Kier alpha value is -1.85. The lowest BCUT2D eigenvalue weighted by Crippen LogP contribution is -2.38. The second kappa shape index (κ2) is 8.50. The highest BCUT2D eigenvalue weighted by Crippen LogP contribution is 2.34. The van der Waals surface area contributed by atoms with Gasteiger partial charge in [-0.05, 0) is 56.0 Å². The zero-order chi connectivity index (χ0) is 17.6. The van der Waals surface area contributed by atoms with E-state index in [0.29, 0.717) is 13.2 Å². The fraction of sp³-hybridized carbons (Fsp3) is 0.450. The van der Waals surface area contributed by atoms with Gasteiger partial charge in [-0.2, -0.15) is 0 Å². The topological polar surface area (TPSA) is 32.8 Å². The molecular weight excluding hydrogens is 332 g/mol. The van der Waals surface area contributed by atoms with Gasteiger partial charge in [0.2, 0.25) is 5.91 Å². The van der Waals surface area contributed by atoms with Gasteiger partial charge in [0.1, 0.15) is 5.75 Å². The van der Waals surface area contributed by atoms with Gasteiger partial charge in [-0.25, -0.2) is 0 Å². The Kier molecular flexibility index (Phi) is 6.10. The summed E-state index contributed by atoms with van der Waals surface area (Å²) in [6, 6.07) is 12.6. The van der Waals surface area contributed by atoms with Crippen molar-refractivity contribution in [1.82, 2.24) is 9.80 Å². The zero-order valence-corrected chi connectivity index (χ0v) is 15.8. The molecule has 0 aliphatic carbocycles. The van der Waals surface area contributed by atoms with Crippen LogP contribution in [-0.2, 0) is 11.3 Å². The van der Waals surface area contributed by atoms with Crippen molar-refractivity contribution < 1.29 is 9.53 Å². The van der Waals surface area contributed by atoms with E-state index in [1.54, 1.807) is 11.3 Å². The number of hydrogen-bond donors (Lipinski definition) is 0. The number of hydrogen-bond acceptors (Lipinski definition) is 4. The Bertz CT molecular complexity index is 670. The summed E-state index contributed by atoms with van der Waals surface area (Å²) < 4.78 is 5.47. The van der Waals surface area contributed by atoms with Gasteiger partial charge < -0.3 is 9.64 Å². The molecule has 4 nitrogen and oxygen atoms in total. The average molecular weight is 359 g/mol. The Morgan fingerprint density at radius 1 is 1.32 bits per heavy atom. The highest BCUT2D eigenvalue weighted by atomic mass is 32.1. The van der Waals surface area contributed by atoms with Crippen molar-refractivity contribution in [2.75, 3.05) is 26.7 Å². The van der Waals surface area contributed by atoms with Crippen LogP contribution >= 0.6 is 11.3 Å². The molecule has 3 rings (SSSR count). The van der Waals surface area contributed by atoms with E-state index in [-0.39, 0.29) is 11.9 Å². The minimum absolute atomic E-state index is 0.226. The molecule has 134 valence electrons. The number of likely N-dealkylation sites (N-methyl/N-ethyl adjacent to an activating group) is 1. The predicted octanol–water partition coefficient (Wildman–Crippen LogP) is 3.94. The molecule has 0 spiro atoms. The second-order valence-electron chi connectivity index (χ2n) is 6.51. The quantitative estimate of drug-likeness (QED) is 0.751. The van der Waals surface area contributed by atoms with Crippen molar-refractivity contribution in [3.63, 3.8) is 0 Å². The van der Waals surface area contributed by atoms with Gasteiger partial charge in [-0.15, -0.1) is 11.3 Å². The number of ether oxygens (including phenoxy) is 1. The van der Waals surface area contributed by atoms with E-state index < -0.39 is 0 Å². The summed E-state index contributed by atoms with van der Waals surface area (Å²) in [5.74, 6) is 1.12. The van der Waals surface area contributed by atoms with Gasteiger partial charge in [0.25, 0.3) is 0 Å². The summed E-state index contributed by atoms with van der Waals surface area (Å²) in [5.41, 5.74) is 1.19. The van der Waals surface area contributed by atoms with Crippen LogP contribution in [-0.4, -0.2) is 42.5 Å². The van der Waals surface area contributed by atoms with Crippen LogP contribution in [0.25, 0.3) is 0 Å². The van der Waals surface area contributed by atoms with Crippen LogP contribution in [0.3, 0.4) is 0 Å². The summed E-state index contributed by atoms with van der Waals surface area (Å²) in [6.07, 6.45) is 2.17. The van der Waals surface area contributed by atoms with Crippen molar-refractivity contribution in [2.24, 2.45) is 0 Å². The monoisotopic (exact) mass is 358 g/mol. The predicted molar refractivity (Wildman–Crippen MR) is 102 cm³/mol. The minimum atomic E-state index is 0.226. The molecule has 2 heterocycles. The fourth-order valence-corrected chi connectivity index (χ4v) is 4.26. The number of amides is 1. The van der Waals surface area contributed by atoms with Crippen LogP contribution in [0.2, 0.25) is 0 Å². The van der Waals surface area contributed by atoms with Crippen molar-refractivity contribution in [3.05, 3.63) is 52.2 Å². The standard InChI is InChI=1S/C20H26N2O2S/c1-3-24-17-10-8-16(9-11-17)14-21(2)15-20(23)22-12-4-6-18(22)19-7-5-13-25-19/h5,7-11,13,18H,3-4,6,12,14-15H2,1-2H3. The van der Waals surface area contributed by atoms with E-state index >= 15 is 0 Å². The molecule has 2 aromatic rings. The number of carbonyl (C=O) groups excluding carboxylic acids is 1. The number of carbonyl (C=O) groups is 1. The molecule has 1 saturated heterocycles. The number of thiophene rings is 1. The summed E-state index contributed by atoms with van der Waals surface area (Å²) in [7, 11) is 2.00. The van der Waals surface area contributed by atoms with Crippen LogP contribution in [0.5, 0.6) is 5.75 Å². The molecule has 1 fully saturated rings. The summed E-state index contributed by atoms with van der Waals surface area (Å²) in [6.45, 7) is 4.74. The van der Waals surface area contributed by atoms with E-state index in [9.17, 15) is 4.79 Å². The molecule has 25 heavy (non-hydrogen) atoms. The third-order valence-corrected chi connectivity index (χ3v) is 5.51. The highest BCUT2D eigenvalue weighted by Gasteiger charge is 2.30. The molecule has 0 bridgehead atoms. The van der Waals surface area contributed by atoms with E-state index in [1.165, 1.54) is 10.4 Å². The molecule has 1 aliphatic rings. The summed E-state index contributed by atoms with van der Waals surface area (Å²) in [5, 5.41) is 2.09. The van der Waals surface area contributed by atoms with Crippen LogP contribution in [0.1, 0.15) is 36.2 Å². The molecule has 1 unspecified atom stereocenters. The van der Waals surface area contributed by atoms with E-state index in [1.807, 2.05) is 26.1 Å². The molecule has 1 aromatic heterocycles. The van der Waals surface area contributed by atoms with Crippen LogP contribution in [0.15, 0.2) is 41.8 Å². The van der Waals surface area contributed by atoms with Gasteiger partial charge in [0, 0.05) is 18.0 Å².